The van der Waals surface area contributed by atoms with Gasteiger partial charge in [0.1, 0.15) is 18.7 Å². The molecule has 1 aromatic carbocycles. The van der Waals surface area contributed by atoms with E-state index in [1.54, 1.807) is 4.90 Å². The Balaban J connectivity index is 0.00000169. The van der Waals surface area contributed by atoms with Crippen LogP contribution in [0, 0.1) is 5.92 Å². The summed E-state index contributed by atoms with van der Waals surface area (Å²) >= 11 is 0. The smallest absolute Gasteiger partial charge is 0.251 e. The molecule has 0 bridgehead atoms. The fourth-order valence-electron chi connectivity index (χ4n) is 6.24. The highest BCUT2D eigenvalue weighted by Gasteiger charge is 2.49. The summed E-state index contributed by atoms with van der Waals surface area (Å²) in [5.74, 6) is -0.265. The highest BCUT2D eigenvalue weighted by Crippen LogP contribution is 2.32. The lowest BCUT2D eigenvalue weighted by Gasteiger charge is -2.35. The summed E-state index contributed by atoms with van der Waals surface area (Å²) in [6, 6.07) is 6.65. The number of benzene rings is 1. The molecule has 0 spiro atoms. The molecule has 0 unspecified atom stereocenters. The Kier molecular flexibility index (Phi) is 12.5. The molecular formula is C28H46N4O4S2. The van der Waals surface area contributed by atoms with Crippen LogP contribution < -0.4 is 10.2 Å². The third-order valence-corrected chi connectivity index (χ3v) is 8.38. The van der Waals surface area contributed by atoms with Crippen molar-refractivity contribution in [1.82, 2.24) is 15.1 Å². The van der Waals surface area contributed by atoms with Gasteiger partial charge in [-0.3, -0.25) is 14.4 Å². The molecule has 214 valence electrons. The Morgan fingerprint density at radius 3 is 2.26 bits per heavy atom. The van der Waals surface area contributed by atoms with E-state index in [9.17, 15) is 14.4 Å². The van der Waals surface area contributed by atoms with Crippen LogP contribution in [0.4, 0.5) is 5.69 Å². The van der Waals surface area contributed by atoms with E-state index < -0.39 is 12.1 Å². The SMILES string of the molecule is C.CCN1CCN(c2ccc(C(=O)N[C@H](C(=O)N3CC[C@H]4OCC(=O)[C@H]43)C3CCCCC3)cc2)CC1.S.S. The Bertz CT molecular complexity index is 933. The number of rotatable bonds is 6. The van der Waals surface area contributed by atoms with E-state index in [0.717, 1.165) is 64.1 Å². The zero-order valence-corrected chi connectivity index (χ0v) is 23.8. The summed E-state index contributed by atoms with van der Waals surface area (Å²) in [7, 11) is 0. The van der Waals surface area contributed by atoms with Crippen LogP contribution in [0.5, 0.6) is 0 Å². The van der Waals surface area contributed by atoms with Gasteiger partial charge in [-0.2, -0.15) is 27.0 Å². The summed E-state index contributed by atoms with van der Waals surface area (Å²) in [5, 5.41) is 3.08. The first-order valence-electron chi connectivity index (χ1n) is 13.4. The largest absolute Gasteiger partial charge is 0.369 e. The molecule has 1 N–H and O–H groups in total. The van der Waals surface area contributed by atoms with Gasteiger partial charge in [-0.05, 0) is 56.0 Å². The van der Waals surface area contributed by atoms with Crippen molar-refractivity contribution in [3.8, 4) is 0 Å². The predicted molar refractivity (Wildman–Crippen MR) is 161 cm³/mol. The van der Waals surface area contributed by atoms with Crippen LogP contribution in [0.3, 0.4) is 0 Å². The molecule has 0 radical (unpaired) electrons. The fraction of sp³-hybridized carbons (Fsp3) is 0.679. The maximum Gasteiger partial charge on any atom is 0.251 e. The van der Waals surface area contributed by atoms with E-state index in [1.807, 2.05) is 24.3 Å². The zero-order valence-electron chi connectivity index (χ0n) is 21.8. The topological polar surface area (TPSA) is 82.2 Å². The van der Waals surface area contributed by atoms with Crippen LogP contribution in [0.2, 0.25) is 0 Å². The van der Waals surface area contributed by atoms with Gasteiger partial charge >= 0.3 is 0 Å². The lowest BCUT2D eigenvalue weighted by molar-refractivity contribution is -0.139. The van der Waals surface area contributed by atoms with E-state index in [1.165, 1.54) is 6.42 Å². The minimum Gasteiger partial charge on any atom is -0.369 e. The van der Waals surface area contributed by atoms with Crippen LogP contribution in [0.25, 0.3) is 0 Å². The van der Waals surface area contributed by atoms with Crippen molar-refractivity contribution >= 4 is 50.3 Å². The van der Waals surface area contributed by atoms with Gasteiger partial charge in [-0.1, -0.05) is 33.6 Å². The first-order chi connectivity index (χ1) is 17.0. The predicted octanol–water partition coefficient (Wildman–Crippen LogP) is 2.94. The monoisotopic (exact) mass is 566 g/mol. The molecule has 38 heavy (non-hydrogen) atoms. The van der Waals surface area contributed by atoms with E-state index in [-0.39, 0.29) is 70.6 Å². The third kappa shape index (κ3) is 6.87. The Hall–Kier alpha value is -1.75. The van der Waals surface area contributed by atoms with Gasteiger partial charge in [0, 0.05) is 44.0 Å². The zero-order chi connectivity index (χ0) is 24.4. The second-order valence-electron chi connectivity index (χ2n) is 10.4. The summed E-state index contributed by atoms with van der Waals surface area (Å²) < 4.78 is 5.58. The van der Waals surface area contributed by atoms with Gasteiger partial charge in [0.25, 0.3) is 5.91 Å². The van der Waals surface area contributed by atoms with Gasteiger partial charge in [0.15, 0.2) is 5.78 Å². The van der Waals surface area contributed by atoms with E-state index in [4.69, 9.17) is 4.74 Å². The molecule has 4 aliphatic rings. The molecule has 1 saturated carbocycles. The molecule has 1 aliphatic carbocycles. The van der Waals surface area contributed by atoms with E-state index in [0.29, 0.717) is 18.5 Å². The number of piperazine rings is 1. The maximum absolute atomic E-state index is 13.7. The summed E-state index contributed by atoms with van der Waals surface area (Å²) in [4.78, 5) is 45.9. The number of carbonyl (C=O) groups excluding carboxylic acids is 3. The molecule has 1 aromatic rings. The average molecular weight is 567 g/mol. The number of nitrogens with zero attached hydrogens (tertiary/aromatic N) is 3. The first kappa shape index (κ1) is 32.5. The lowest BCUT2D eigenvalue weighted by atomic mass is 9.83. The number of likely N-dealkylation sites (tertiary alicyclic amines) is 1. The maximum atomic E-state index is 13.7. The average Bonchev–Trinajstić information content (AvgIpc) is 3.50. The Morgan fingerprint density at radius 2 is 1.63 bits per heavy atom. The second-order valence-corrected chi connectivity index (χ2v) is 10.4. The first-order valence-corrected chi connectivity index (χ1v) is 13.4. The molecule has 3 atom stereocenters. The van der Waals surface area contributed by atoms with Crippen molar-refractivity contribution in [2.24, 2.45) is 5.92 Å². The number of hydrogen-bond acceptors (Lipinski definition) is 6. The van der Waals surface area contributed by atoms with Crippen molar-refractivity contribution in [2.75, 3.05) is 50.8 Å². The number of hydrogen-bond donors (Lipinski definition) is 1. The highest BCUT2D eigenvalue weighted by atomic mass is 32.1. The van der Waals surface area contributed by atoms with Crippen molar-refractivity contribution in [3.63, 3.8) is 0 Å². The number of likely N-dealkylation sites (N-methyl/N-ethyl adjacent to an activating group) is 1. The van der Waals surface area contributed by atoms with Gasteiger partial charge in [0.2, 0.25) is 5.91 Å². The van der Waals surface area contributed by atoms with E-state index >= 15 is 0 Å². The number of amides is 2. The molecule has 3 aliphatic heterocycles. The summed E-state index contributed by atoms with van der Waals surface area (Å²) in [5.41, 5.74) is 1.69. The van der Waals surface area contributed by atoms with Gasteiger partial charge in [0.05, 0.1) is 6.10 Å². The van der Waals surface area contributed by atoms with Crippen molar-refractivity contribution in [3.05, 3.63) is 29.8 Å². The number of anilines is 1. The van der Waals surface area contributed by atoms with Crippen molar-refractivity contribution < 1.29 is 19.1 Å². The second kappa shape index (κ2) is 14.6. The molecule has 3 heterocycles. The molecule has 2 amide bonds. The molecular weight excluding hydrogens is 520 g/mol. The normalized spacial score (nSPS) is 24.5. The minimum atomic E-state index is -0.600. The van der Waals surface area contributed by atoms with Crippen LogP contribution in [0.15, 0.2) is 24.3 Å². The Morgan fingerprint density at radius 1 is 0.974 bits per heavy atom. The number of nitrogens with one attached hydrogen (secondary N) is 1. The summed E-state index contributed by atoms with van der Waals surface area (Å²) in [6.45, 7) is 7.93. The number of ketones is 1. The number of Topliss-reactive ketones (excluding diaryl/α,β-unsaturated/α-hetero) is 1. The lowest BCUT2D eigenvalue weighted by Crippen LogP contribution is -2.55. The van der Waals surface area contributed by atoms with Crippen molar-refractivity contribution in [1.29, 1.82) is 0 Å². The van der Waals surface area contributed by atoms with Crippen molar-refractivity contribution in [2.45, 2.75) is 71.1 Å². The van der Waals surface area contributed by atoms with E-state index in [2.05, 4.69) is 22.0 Å². The molecule has 4 fully saturated rings. The molecule has 5 rings (SSSR count). The third-order valence-electron chi connectivity index (χ3n) is 8.38. The number of fused-ring (bicyclic) bond motifs is 1. The fourth-order valence-corrected chi connectivity index (χ4v) is 6.24. The summed E-state index contributed by atoms with van der Waals surface area (Å²) in [6.07, 6.45) is 5.64. The molecule has 0 aromatic heterocycles. The van der Waals surface area contributed by atoms with Crippen LogP contribution in [-0.4, -0.2) is 91.5 Å². The van der Waals surface area contributed by atoms with Crippen LogP contribution in [0.1, 0.15) is 63.2 Å². The van der Waals surface area contributed by atoms with Gasteiger partial charge in [-0.25, -0.2) is 0 Å². The number of carbonyl (C=O) groups is 3. The standard InChI is InChI=1S/C27H38N4O4.CH4.2H2S/c1-2-29-14-16-30(17-15-29)21-10-8-20(9-11-21)26(33)28-24(19-6-4-3-5-7-19)27(34)31-13-12-23-25(31)22(32)18-35-23;;;/h8-11,19,23-25H,2-7,12-18H2,1H3,(H,28,33);1H4;2*1H2/t23-,24+,25-;;;/m1.../s1. The minimum absolute atomic E-state index is 0. The number of ether oxygens (including phenoxy) is 1. The van der Waals surface area contributed by atoms with Gasteiger partial charge < -0.3 is 24.8 Å². The molecule has 8 nitrogen and oxygen atoms in total. The molecule has 10 heteroatoms. The van der Waals surface area contributed by atoms with Crippen LogP contribution in [-0.2, 0) is 14.3 Å². The Labute approximate surface area is 241 Å². The molecule has 3 saturated heterocycles. The highest BCUT2D eigenvalue weighted by molar-refractivity contribution is 7.59. The van der Waals surface area contributed by atoms with Gasteiger partial charge in [-0.15, -0.1) is 0 Å². The quantitative estimate of drug-likeness (QED) is 0.570. The van der Waals surface area contributed by atoms with Crippen LogP contribution >= 0.6 is 27.0 Å².